The summed E-state index contributed by atoms with van der Waals surface area (Å²) in [6.45, 7) is 6.92. The van der Waals surface area contributed by atoms with E-state index in [4.69, 9.17) is 14.2 Å². The molecule has 1 saturated heterocycles. The summed E-state index contributed by atoms with van der Waals surface area (Å²) < 4.78 is 16.0. The van der Waals surface area contributed by atoms with Gasteiger partial charge in [-0.25, -0.2) is 4.79 Å². The zero-order valence-corrected chi connectivity index (χ0v) is 17.3. The molecule has 154 valence electrons. The van der Waals surface area contributed by atoms with Crippen molar-refractivity contribution in [3.63, 3.8) is 0 Å². The lowest BCUT2D eigenvalue weighted by atomic mass is 9.89. The monoisotopic (exact) mass is 389 g/mol. The van der Waals surface area contributed by atoms with Gasteiger partial charge in [0.05, 0.1) is 13.4 Å². The van der Waals surface area contributed by atoms with Crippen LogP contribution in [0.5, 0.6) is 0 Å². The van der Waals surface area contributed by atoms with E-state index in [0.717, 1.165) is 11.1 Å². The highest BCUT2D eigenvalue weighted by Gasteiger charge is 2.30. The van der Waals surface area contributed by atoms with Gasteiger partial charge in [0.2, 0.25) is 0 Å². The van der Waals surface area contributed by atoms with Gasteiger partial charge < -0.3 is 19.1 Å². The van der Waals surface area contributed by atoms with Crippen LogP contribution in [-0.2, 0) is 25.6 Å². The molecule has 0 radical (unpaired) electrons. The van der Waals surface area contributed by atoms with E-state index in [-0.39, 0.29) is 24.6 Å². The Labute approximate surface area is 167 Å². The van der Waals surface area contributed by atoms with Crippen LogP contribution >= 0.6 is 0 Å². The fourth-order valence-electron chi connectivity index (χ4n) is 3.12. The first-order valence-corrected chi connectivity index (χ1v) is 9.67. The Hall–Kier alpha value is -2.50. The summed E-state index contributed by atoms with van der Waals surface area (Å²) in [7, 11) is 1.61. The first-order valence-electron chi connectivity index (χ1n) is 9.67. The minimum Gasteiger partial charge on any atom is -0.504 e. The Bertz CT molecular complexity index is 678. The Morgan fingerprint density at radius 3 is 2.57 bits per heavy atom. The zero-order chi connectivity index (χ0) is 20.6. The highest BCUT2D eigenvalue weighted by Crippen LogP contribution is 2.28. The Balaban J connectivity index is 1.88. The molecule has 1 heterocycles. The van der Waals surface area contributed by atoms with Crippen molar-refractivity contribution in [2.75, 3.05) is 20.2 Å². The summed E-state index contributed by atoms with van der Waals surface area (Å²) in [5.41, 5.74) is 1.54. The molecule has 28 heavy (non-hydrogen) atoms. The lowest BCUT2D eigenvalue weighted by Crippen LogP contribution is -2.43. The Morgan fingerprint density at radius 2 is 1.93 bits per heavy atom. The highest BCUT2D eigenvalue weighted by molar-refractivity contribution is 5.70. The number of ether oxygens (including phenoxy) is 3. The van der Waals surface area contributed by atoms with Crippen LogP contribution < -0.4 is 0 Å². The van der Waals surface area contributed by atoms with Crippen molar-refractivity contribution in [3.8, 4) is 0 Å². The van der Waals surface area contributed by atoms with Crippen LogP contribution in [0.3, 0.4) is 0 Å². The molecule has 1 aliphatic rings. The lowest BCUT2D eigenvalue weighted by molar-refractivity contribution is -0.145. The van der Waals surface area contributed by atoms with Crippen LogP contribution in [0.25, 0.3) is 0 Å². The van der Waals surface area contributed by atoms with Crippen molar-refractivity contribution >= 4 is 12.1 Å². The molecule has 0 aliphatic carbocycles. The molecule has 1 amide bonds. The van der Waals surface area contributed by atoms with Crippen molar-refractivity contribution in [1.82, 2.24) is 4.90 Å². The molecule has 0 N–H and O–H groups in total. The average molecular weight is 389 g/mol. The number of piperidine rings is 1. The average Bonchev–Trinajstić information content (AvgIpc) is 2.65. The predicted molar refractivity (Wildman–Crippen MR) is 106 cm³/mol. The molecule has 0 aromatic heterocycles. The maximum absolute atomic E-state index is 12.4. The number of hydrogen-bond donors (Lipinski definition) is 0. The third-order valence-electron chi connectivity index (χ3n) is 4.50. The van der Waals surface area contributed by atoms with Crippen molar-refractivity contribution in [3.05, 3.63) is 47.7 Å². The van der Waals surface area contributed by atoms with E-state index >= 15 is 0 Å². The largest absolute Gasteiger partial charge is 0.504 e. The lowest BCUT2D eigenvalue weighted by Gasteiger charge is -2.35. The van der Waals surface area contributed by atoms with Gasteiger partial charge in [-0.15, -0.1) is 0 Å². The van der Waals surface area contributed by atoms with E-state index in [0.29, 0.717) is 32.4 Å². The molecular formula is C22H31NO5. The first-order chi connectivity index (χ1) is 13.3. The highest BCUT2D eigenvalue weighted by atomic mass is 16.6. The first kappa shape index (κ1) is 21.8. The van der Waals surface area contributed by atoms with Gasteiger partial charge in [-0.1, -0.05) is 30.3 Å². The molecular weight excluding hydrogens is 358 g/mol. The van der Waals surface area contributed by atoms with Crippen LogP contribution in [0.4, 0.5) is 4.79 Å². The zero-order valence-electron chi connectivity index (χ0n) is 17.3. The fourth-order valence-corrected chi connectivity index (χ4v) is 3.12. The van der Waals surface area contributed by atoms with Gasteiger partial charge in [0.25, 0.3) is 0 Å². The van der Waals surface area contributed by atoms with Crippen LogP contribution in [-0.4, -0.2) is 42.8 Å². The smallest absolute Gasteiger partial charge is 0.410 e. The number of benzene rings is 1. The normalized spacial score (nSPS) is 18.6. The summed E-state index contributed by atoms with van der Waals surface area (Å²) in [6, 6.07) is 9.60. The van der Waals surface area contributed by atoms with Crippen molar-refractivity contribution in [2.45, 2.75) is 52.2 Å². The predicted octanol–water partition coefficient (Wildman–Crippen LogP) is 4.30. The van der Waals surface area contributed by atoms with Crippen LogP contribution in [0, 0.1) is 5.92 Å². The fraction of sp³-hybridized carbons (Fsp3) is 0.545. The maximum Gasteiger partial charge on any atom is 0.410 e. The standard InChI is InChI=1S/C22H31NO5/c1-22(2,3)28-21(25)23-13-12-19(16-26-4)18(14-23)10-11-20(24)27-15-17-8-6-5-7-9-17/h5-9,16,18H,10-15H2,1-4H3. The van der Waals surface area contributed by atoms with E-state index in [1.54, 1.807) is 18.3 Å². The number of methoxy groups -OCH3 is 1. The minimum atomic E-state index is -0.531. The summed E-state index contributed by atoms with van der Waals surface area (Å²) in [5, 5.41) is 0. The van der Waals surface area contributed by atoms with Crippen LogP contribution in [0.15, 0.2) is 42.2 Å². The molecule has 1 aliphatic heterocycles. The number of likely N-dealkylation sites (tertiary alicyclic amines) is 1. The van der Waals surface area contributed by atoms with E-state index in [2.05, 4.69) is 0 Å². The van der Waals surface area contributed by atoms with E-state index in [1.165, 1.54) is 0 Å². The summed E-state index contributed by atoms with van der Waals surface area (Å²) in [6.07, 6.45) is 3.01. The number of carbonyl (C=O) groups excluding carboxylic acids is 2. The summed E-state index contributed by atoms with van der Waals surface area (Å²) in [5.74, 6) is -0.194. The second-order valence-corrected chi connectivity index (χ2v) is 7.99. The number of rotatable bonds is 6. The van der Waals surface area contributed by atoms with Gasteiger partial charge >= 0.3 is 12.1 Å². The Kier molecular flexibility index (Phi) is 7.91. The second kappa shape index (κ2) is 10.2. The second-order valence-electron chi connectivity index (χ2n) is 7.99. The van der Waals surface area contributed by atoms with Crippen molar-refractivity contribution in [1.29, 1.82) is 0 Å². The number of carbonyl (C=O) groups is 2. The maximum atomic E-state index is 12.4. The molecule has 1 aromatic rings. The number of esters is 1. The molecule has 2 rings (SSSR count). The molecule has 0 spiro atoms. The molecule has 1 fully saturated rings. The minimum absolute atomic E-state index is 0.0468. The van der Waals surface area contributed by atoms with Crippen molar-refractivity contribution in [2.24, 2.45) is 5.92 Å². The van der Waals surface area contributed by atoms with E-state index in [1.807, 2.05) is 51.1 Å². The molecule has 1 unspecified atom stereocenters. The molecule has 0 saturated carbocycles. The quantitative estimate of drug-likeness (QED) is 0.536. The van der Waals surface area contributed by atoms with Gasteiger partial charge in [0.1, 0.15) is 12.2 Å². The van der Waals surface area contributed by atoms with E-state index in [9.17, 15) is 9.59 Å². The third-order valence-corrected chi connectivity index (χ3v) is 4.50. The summed E-state index contributed by atoms with van der Waals surface area (Å²) >= 11 is 0. The molecule has 6 heteroatoms. The molecule has 6 nitrogen and oxygen atoms in total. The topological polar surface area (TPSA) is 65.1 Å². The number of nitrogens with zero attached hydrogens (tertiary/aromatic N) is 1. The van der Waals surface area contributed by atoms with Crippen LogP contribution in [0.2, 0.25) is 0 Å². The van der Waals surface area contributed by atoms with Crippen molar-refractivity contribution < 1.29 is 23.8 Å². The number of amides is 1. The summed E-state index contributed by atoms with van der Waals surface area (Å²) in [4.78, 5) is 26.2. The van der Waals surface area contributed by atoms with Gasteiger partial charge in [-0.3, -0.25) is 4.79 Å². The van der Waals surface area contributed by atoms with Gasteiger partial charge in [-0.05, 0) is 44.7 Å². The van der Waals surface area contributed by atoms with Gasteiger partial charge in [0.15, 0.2) is 0 Å². The molecule has 0 bridgehead atoms. The molecule has 1 atom stereocenters. The van der Waals surface area contributed by atoms with Gasteiger partial charge in [-0.2, -0.15) is 0 Å². The SMILES string of the molecule is COC=C1CCN(C(=O)OC(C)(C)C)CC1CCC(=O)OCc1ccccc1. The Morgan fingerprint density at radius 1 is 1.21 bits per heavy atom. The third kappa shape index (κ3) is 7.25. The van der Waals surface area contributed by atoms with E-state index < -0.39 is 5.60 Å². The number of hydrogen-bond acceptors (Lipinski definition) is 5. The van der Waals surface area contributed by atoms with Crippen LogP contribution in [0.1, 0.15) is 45.6 Å². The van der Waals surface area contributed by atoms with Gasteiger partial charge in [0, 0.05) is 25.4 Å². The molecule has 1 aromatic carbocycles.